The number of carbonyl (C=O) groups excluding carboxylic acids is 2. The van der Waals surface area contributed by atoms with Gasteiger partial charge >= 0.3 is 6.09 Å². The van der Waals surface area contributed by atoms with Gasteiger partial charge in [0, 0.05) is 19.6 Å². The second-order valence-electron chi connectivity index (χ2n) is 9.17. The second kappa shape index (κ2) is 8.87. The Bertz CT molecular complexity index is 1130. The van der Waals surface area contributed by atoms with Crippen molar-refractivity contribution in [3.8, 4) is 28.4 Å². The molecule has 2 amide bonds. The molecule has 0 saturated carbocycles. The summed E-state index contributed by atoms with van der Waals surface area (Å²) in [5.74, 6) is -1.18. The Morgan fingerprint density at radius 3 is 2.65 bits per heavy atom. The number of fused-ring (bicyclic) bond motifs is 2. The van der Waals surface area contributed by atoms with Crippen LogP contribution < -0.4 is 9.47 Å². The quantitative estimate of drug-likeness (QED) is 0.672. The molecule has 8 nitrogen and oxygen atoms in total. The first-order valence-electron chi connectivity index (χ1n) is 10.8. The number of amides is 2. The van der Waals surface area contributed by atoms with Crippen LogP contribution in [0.3, 0.4) is 0 Å². The Morgan fingerprint density at radius 2 is 2.00 bits per heavy atom. The van der Waals surface area contributed by atoms with Crippen molar-refractivity contribution in [3.05, 3.63) is 40.7 Å². The molecule has 1 N–H and O–H groups in total. The van der Waals surface area contributed by atoms with Crippen LogP contribution in [0.25, 0.3) is 11.1 Å². The summed E-state index contributed by atoms with van der Waals surface area (Å²) in [5, 5.41) is 10.3. The number of halogens is 2. The lowest BCUT2D eigenvalue weighted by Crippen LogP contribution is -2.58. The summed E-state index contributed by atoms with van der Waals surface area (Å²) >= 11 is 6.64. The number of phenols is 1. The van der Waals surface area contributed by atoms with Crippen LogP contribution in [-0.2, 0) is 4.74 Å². The van der Waals surface area contributed by atoms with Gasteiger partial charge in [-0.3, -0.25) is 4.79 Å². The summed E-state index contributed by atoms with van der Waals surface area (Å²) in [7, 11) is 1.36. The highest BCUT2D eigenvalue weighted by atomic mass is 35.5. The molecule has 182 valence electrons. The van der Waals surface area contributed by atoms with E-state index in [4.69, 9.17) is 25.8 Å². The van der Waals surface area contributed by atoms with Gasteiger partial charge in [-0.05, 0) is 39.0 Å². The Morgan fingerprint density at radius 1 is 1.26 bits per heavy atom. The molecule has 0 aliphatic carbocycles. The summed E-state index contributed by atoms with van der Waals surface area (Å²) < 4.78 is 31.5. The zero-order chi connectivity index (χ0) is 24.8. The molecule has 1 fully saturated rings. The number of phenolic OH excluding ortho intramolecular Hbond substituents is 1. The van der Waals surface area contributed by atoms with Crippen molar-refractivity contribution in [1.82, 2.24) is 9.80 Å². The van der Waals surface area contributed by atoms with Gasteiger partial charge in [0.2, 0.25) is 0 Å². The molecule has 0 aromatic heterocycles. The van der Waals surface area contributed by atoms with E-state index in [1.807, 2.05) is 0 Å². The number of benzene rings is 2. The van der Waals surface area contributed by atoms with Gasteiger partial charge in [-0.25, -0.2) is 9.18 Å². The fraction of sp³-hybridized carbons (Fsp3) is 0.417. The number of piperazine rings is 1. The maximum Gasteiger partial charge on any atom is 0.410 e. The van der Waals surface area contributed by atoms with Crippen LogP contribution in [0.5, 0.6) is 17.2 Å². The van der Waals surface area contributed by atoms with Gasteiger partial charge in [0.25, 0.3) is 5.91 Å². The average molecular weight is 493 g/mol. The van der Waals surface area contributed by atoms with E-state index in [9.17, 15) is 19.1 Å². The number of hydrogen-bond acceptors (Lipinski definition) is 6. The Balaban J connectivity index is 1.70. The van der Waals surface area contributed by atoms with Gasteiger partial charge < -0.3 is 29.1 Å². The fourth-order valence-corrected chi connectivity index (χ4v) is 4.50. The highest BCUT2D eigenvalue weighted by Gasteiger charge is 2.39. The average Bonchev–Trinajstić information content (AvgIpc) is 2.90. The van der Waals surface area contributed by atoms with E-state index in [-0.39, 0.29) is 64.6 Å². The highest BCUT2D eigenvalue weighted by Crippen LogP contribution is 2.49. The predicted molar refractivity (Wildman–Crippen MR) is 123 cm³/mol. The molecule has 2 aliphatic heterocycles. The van der Waals surface area contributed by atoms with E-state index < -0.39 is 23.6 Å². The third-order valence-electron chi connectivity index (χ3n) is 5.69. The van der Waals surface area contributed by atoms with Crippen molar-refractivity contribution in [2.45, 2.75) is 32.4 Å². The molecule has 0 spiro atoms. The first-order valence-corrected chi connectivity index (χ1v) is 11.2. The Labute approximate surface area is 201 Å². The lowest BCUT2D eigenvalue weighted by molar-refractivity contribution is 0.000953. The van der Waals surface area contributed by atoms with Crippen LogP contribution in [0, 0.1) is 5.82 Å². The van der Waals surface area contributed by atoms with Crippen molar-refractivity contribution in [3.63, 3.8) is 0 Å². The zero-order valence-electron chi connectivity index (χ0n) is 19.4. The number of ether oxygens (including phenoxy) is 3. The number of aromatic hydroxyl groups is 1. The molecule has 2 aliphatic rings. The molecule has 0 bridgehead atoms. The summed E-state index contributed by atoms with van der Waals surface area (Å²) in [6.45, 7) is 6.24. The van der Waals surface area contributed by atoms with Crippen molar-refractivity contribution in [2.24, 2.45) is 0 Å². The molecule has 1 atom stereocenters. The van der Waals surface area contributed by atoms with Crippen LogP contribution in [0.2, 0.25) is 5.02 Å². The molecule has 1 saturated heterocycles. The van der Waals surface area contributed by atoms with Gasteiger partial charge in [-0.1, -0.05) is 17.7 Å². The van der Waals surface area contributed by atoms with E-state index in [2.05, 4.69) is 0 Å². The third-order valence-corrected chi connectivity index (χ3v) is 6.05. The lowest BCUT2D eigenvalue weighted by Gasteiger charge is -2.40. The molecular formula is C24H26ClFN2O6. The van der Waals surface area contributed by atoms with Crippen LogP contribution in [0.15, 0.2) is 24.3 Å². The summed E-state index contributed by atoms with van der Waals surface area (Å²) in [6.07, 6.45) is -0.460. The first-order chi connectivity index (χ1) is 16.0. The smallest absolute Gasteiger partial charge is 0.410 e. The van der Waals surface area contributed by atoms with Gasteiger partial charge in [-0.2, -0.15) is 0 Å². The monoisotopic (exact) mass is 492 g/mol. The van der Waals surface area contributed by atoms with E-state index in [0.717, 1.165) is 0 Å². The zero-order valence-corrected chi connectivity index (χ0v) is 20.1. The summed E-state index contributed by atoms with van der Waals surface area (Å²) in [4.78, 5) is 29.2. The van der Waals surface area contributed by atoms with Gasteiger partial charge in [0.1, 0.15) is 29.5 Å². The molecular weight excluding hydrogens is 467 g/mol. The highest BCUT2D eigenvalue weighted by molar-refractivity contribution is 6.36. The molecule has 0 radical (unpaired) electrons. The Kier molecular flexibility index (Phi) is 6.24. The molecule has 2 heterocycles. The topological polar surface area (TPSA) is 88.5 Å². The van der Waals surface area contributed by atoms with Gasteiger partial charge in [-0.15, -0.1) is 0 Å². The van der Waals surface area contributed by atoms with Crippen LogP contribution >= 0.6 is 11.6 Å². The Hall–Kier alpha value is -3.20. The number of methoxy groups -OCH3 is 1. The molecule has 2 aromatic rings. The first kappa shape index (κ1) is 23.9. The van der Waals surface area contributed by atoms with Crippen LogP contribution in [0.4, 0.5) is 9.18 Å². The van der Waals surface area contributed by atoms with Gasteiger partial charge in [0.05, 0.1) is 34.9 Å². The summed E-state index contributed by atoms with van der Waals surface area (Å²) in [5.41, 5.74) is -0.545. The van der Waals surface area contributed by atoms with Crippen molar-refractivity contribution >= 4 is 23.6 Å². The minimum Gasteiger partial charge on any atom is -0.507 e. The van der Waals surface area contributed by atoms with Crippen molar-refractivity contribution < 1.29 is 33.3 Å². The number of carbonyl (C=O) groups is 2. The van der Waals surface area contributed by atoms with Crippen LogP contribution in [0.1, 0.15) is 31.1 Å². The molecule has 2 aromatic carbocycles. The van der Waals surface area contributed by atoms with Crippen LogP contribution in [-0.4, -0.2) is 71.9 Å². The number of hydrogen-bond donors (Lipinski definition) is 1. The molecule has 10 heteroatoms. The summed E-state index contributed by atoms with van der Waals surface area (Å²) in [6, 6.07) is 4.89. The minimum absolute atomic E-state index is 0.0491. The van der Waals surface area contributed by atoms with E-state index >= 15 is 0 Å². The largest absolute Gasteiger partial charge is 0.507 e. The maximum atomic E-state index is 14.7. The SMILES string of the molecule is COc1cc2c(c(Cl)c1-c1c(O)cccc1F)OC[C@H]1CN(C(=O)OC(C)(C)C)CCN1C2=O. The molecule has 0 unspecified atom stereocenters. The minimum atomic E-state index is -0.703. The van der Waals surface area contributed by atoms with E-state index in [1.165, 1.54) is 31.4 Å². The number of nitrogens with zero attached hydrogens (tertiary/aromatic N) is 2. The van der Waals surface area contributed by atoms with E-state index in [1.54, 1.807) is 30.6 Å². The standard InChI is InChI=1S/C24H26ClFN2O6/c1-24(2,3)34-23(31)27-8-9-28-13(11-27)12-33-21-14(22(28)30)10-17(32-4)19(20(21)25)18-15(26)6-5-7-16(18)29/h5-7,10,13,29H,8-9,11-12H2,1-4H3/t13-/m1/s1. The van der Waals surface area contributed by atoms with Crippen molar-refractivity contribution in [2.75, 3.05) is 33.4 Å². The second-order valence-corrected chi connectivity index (χ2v) is 9.55. The predicted octanol–water partition coefficient (Wildman–Crippen LogP) is 4.31. The lowest BCUT2D eigenvalue weighted by atomic mass is 9.99. The maximum absolute atomic E-state index is 14.7. The van der Waals surface area contributed by atoms with E-state index in [0.29, 0.717) is 6.54 Å². The fourth-order valence-electron chi connectivity index (χ4n) is 4.15. The third kappa shape index (κ3) is 4.32. The molecule has 4 rings (SSSR count). The normalized spacial score (nSPS) is 17.9. The van der Waals surface area contributed by atoms with Crippen molar-refractivity contribution in [1.29, 1.82) is 0 Å². The molecule has 34 heavy (non-hydrogen) atoms. The number of rotatable bonds is 2. The van der Waals surface area contributed by atoms with Gasteiger partial charge in [0.15, 0.2) is 5.75 Å².